The Morgan fingerprint density at radius 1 is 1.58 bits per heavy atom. The van der Waals surface area contributed by atoms with Crippen molar-refractivity contribution in [3.8, 4) is 0 Å². The van der Waals surface area contributed by atoms with Crippen LogP contribution in [0.4, 0.5) is 11.5 Å². The van der Waals surface area contributed by atoms with Gasteiger partial charge in [-0.3, -0.25) is 4.79 Å². The molecule has 2 heterocycles. The van der Waals surface area contributed by atoms with Crippen molar-refractivity contribution in [2.45, 2.75) is 0 Å². The molecule has 1 aromatic heterocycles. The number of aromatic nitrogens is 2. The van der Waals surface area contributed by atoms with Crippen LogP contribution in [0.3, 0.4) is 0 Å². The summed E-state index contributed by atoms with van der Waals surface area (Å²) in [6.45, 7) is 0.438. The van der Waals surface area contributed by atoms with E-state index in [-0.39, 0.29) is 0 Å². The van der Waals surface area contributed by atoms with Gasteiger partial charge in [0.25, 0.3) is 0 Å². The molecule has 1 aliphatic heterocycles. The topological polar surface area (TPSA) is 67.2 Å². The van der Waals surface area contributed by atoms with E-state index in [4.69, 9.17) is 0 Å². The first-order valence-corrected chi connectivity index (χ1v) is 3.47. The average molecular weight is 162 g/mol. The average Bonchev–Trinajstić information content (AvgIpc) is 2.17. The van der Waals surface area contributed by atoms with E-state index in [1.54, 1.807) is 6.20 Å². The maximum Gasteiger partial charge on any atom is 0.166 e. The second kappa shape index (κ2) is 2.69. The fraction of sp³-hybridized carbons (Fsp3) is 0.143. The molecule has 0 bridgehead atoms. The summed E-state index contributed by atoms with van der Waals surface area (Å²) in [7, 11) is 0. The molecule has 0 radical (unpaired) electrons. The number of aldehydes is 1. The smallest absolute Gasteiger partial charge is 0.166 e. The third kappa shape index (κ3) is 1.05. The van der Waals surface area contributed by atoms with Gasteiger partial charge in [-0.2, -0.15) is 0 Å². The second-order valence-corrected chi connectivity index (χ2v) is 2.33. The lowest BCUT2D eigenvalue weighted by Gasteiger charge is -2.11. The largest absolute Gasteiger partial charge is 0.362 e. The minimum Gasteiger partial charge on any atom is -0.362 e. The molecule has 2 rings (SSSR count). The Hall–Kier alpha value is -1.78. The molecule has 0 atom stereocenters. The Labute approximate surface area is 68.6 Å². The molecule has 0 saturated carbocycles. The summed E-state index contributed by atoms with van der Waals surface area (Å²) in [4.78, 5) is 22.1. The van der Waals surface area contributed by atoms with Gasteiger partial charge in [-0.05, 0) is 0 Å². The molecule has 0 aliphatic carbocycles. The van der Waals surface area contributed by atoms with Crippen molar-refractivity contribution in [1.82, 2.24) is 9.97 Å². The number of anilines is 1. The number of carbonyl (C=O) groups excluding carboxylic acids is 1. The lowest BCUT2D eigenvalue weighted by atomic mass is 10.3. The fourth-order valence-corrected chi connectivity index (χ4v) is 0.977. The van der Waals surface area contributed by atoms with Crippen LogP contribution in [0.15, 0.2) is 17.5 Å². The minimum absolute atomic E-state index is 0.438. The molecule has 0 spiro atoms. The zero-order chi connectivity index (χ0) is 8.39. The lowest BCUT2D eigenvalue weighted by Crippen LogP contribution is -2.19. The number of nitrogens with one attached hydrogen (secondary N) is 1. The Balaban J connectivity index is 2.47. The quantitative estimate of drug-likeness (QED) is 0.598. The molecule has 1 N–H and O–H groups in total. The van der Waals surface area contributed by atoms with E-state index in [0.29, 0.717) is 23.8 Å². The molecule has 0 fully saturated rings. The van der Waals surface area contributed by atoms with Crippen LogP contribution in [-0.4, -0.2) is 28.5 Å². The van der Waals surface area contributed by atoms with Gasteiger partial charge in [0.05, 0.1) is 12.7 Å². The molecule has 0 saturated heterocycles. The van der Waals surface area contributed by atoms with Crippen LogP contribution < -0.4 is 5.32 Å². The van der Waals surface area contributed by atoms with Gasteiger partial charge >= 0.3 is 0 Å². The molecular weight excluding hydrogens is 156 g/mol. The highest BCUT2D eigenvalue weighted by Crippen LogP contribution is 2.22. The normalized spacial score (nSPS) is 14.2. The Morgan fingerprint density at radius 2 is 2.50 bits per heavy atom. The monoisotopic (exact) mass is 162 g/mol. The molecule has 5 heteroatoms. The summed E-state index contributed by atoms with van der Waals surface area (Å²) in [5.74, 6) is 0.676. The zero-order valence-electron chi connectivity index (χ0n) is 6.19. The van der Waals surface area contributed by atoms with Gasteiger partial charge in [-0.15, -0.1) is 0 Å². The van der Waals surface area contributed by atoms with Crippen LogP contribution >= 0.6 is 0 Å². The number of fused-ring (bicyclic) bond motifs is 1. The molecule has 1 aromatic rings. The maximum atomic E-state index is 10.4. The third-order valence-electron chi connectivity index (χ3n) is 1.53. The van der Waals surface area contributed by atoms with E-state index in [0.717, 1.165) is 6.29 Å². The van der Waals surface area contributed by atoms with Crippen molar-refractivity contribution in [1.29, 1.82) is 0 Å². The van der Waals surface area contributed by atoms with Gasteiger partial charge in [-0.25, -0.2) is 15.0 Å². The minimum atomic E-state index is 0.438. The first kappa shape index (κ1) is 6.90. The number of hydrogen-bond acceptors (Lipinski definition) is 5. The number of carbonyl (C=O) groups is 1. The van der Waals surface area contributed by atoms with E-state index in [1.807, 2.05) is 0 Å². The van der Waals surface area contributed by atoms with Crippen molar-refractivity contribution in [3.63, 3.8) is 0 Å². The van der Waals surface area contributed by atoms with Crippen LogP contribution in [0.1, 0.15) is 0 Å². The van der Waals surface area contributed by atoms with Gasteiger partial charge in [-0.1, -0.05) is 0 Å². The molecule has 60 valence electrons. The summed E-state index contributed by atoms with van der Waals surface area (Å²) in [5.41, 5.74) is 1.09. The van der Waals surface area contributed by atoms with Gasteiger partial charge in [0, 0.05) is 0 Å². The predicted molar refractivity (Wildman–Crippen MR) is 43.7 cm³/mol. The first-order valence-electron chi connectivity index (χ1n) is 3.47. The SMILES string of the molecule is O=CC1=Nc2cncnc2NC1. The molecule has 12 heavy (non-hydrogen) atoms. The van der Waals surface area contributed by atoms with Crippen LogP contribution in [0.25, 0.3) is 0 Å². The predicted octanol–water partition coefficient (Wildman–Crippen LogP) is 0.173. The lowest BCUT2D eigenvalue weighted by molar-refractivity contribution is -0.102. The van der Waals surface area contributed by atoms with Gasteiger partial charge in [0.2, 0.25) is 0 Å². The van der Waals surface area contributed by atoms with Gasteiger partial charge in [0.1, 0.15) is 17.7 Å². The summed E-state index contributed by atoms with van der Waals surface area (Å²) in [6, 6.07) is 0. The van der Waals surface area contributed by atoms with E-state index < -0.39 is 0 Å². The number of hydrogen-bond donors (Lipinski definition) is 1. The first-order chi connectivity index (χ1) is 5.90. The van der Waals surface area contributed by atoms with Crippen molar-refractivity contribution in [3.05, 3.63) is 12.5 Å². The maximum absolute atomic E-state index is 10.4. The molecular formula is C7H6N4O. The highest BCUT2D eigenvalue weighted by Gasteiger charge is 2.10. The molecule has 0 unspecified atom stereocenters. The highest BCUT2D eigenvalue weighted by molar-refractivity contribution is 6.31. The highest BCUT2D eigenvalue weighted by atomic mass is 16.1. The number of aliphatic imine (C=N–C) groups is 1. The standard InChI is InChI=1S/C7H6N4O/c12-3-5-1-9-7-6(11-5)2-8-4-10-7/h2-4H,1H2,(H,8,9,10). The Bertz CT molecular complexity index is 347. The van der Waals surface area contributed by atoms with Crippen molar-refractivity contribution < 1.29 is 4.79 Å². The second-order valence-electron chi connectivity index (χ2n) is 2.33. The van der Waals surface area contributed by atoms with E-state index in [2.05, 4.69) is 20.3 Å². The Kier molecular flexibility index (Phi) is 1.55. The van der Waals surface area contributed by atoms with Crippen LogP contribution in [0, 0.1) is 0 Å². The number of nitrogens with zero attached hydrogens (tertiary/aromatic N) is 3. The summed E-state index contributed by atoms with van der Waals surface area (Å²) in [5, 5.41) is 2.95. The van der Waals surface area contributed by atoms with Crippen molar-refractivity contribution in [2.24, 2.45) is 4.99 Å². The van der Waals surface area contributed by atoms with Crippen LogP contribution in [-0.2, 0) is 4.79 Å². The summed E-state index contributed by atoms with van der Waals surface area (Å²) >= 11 is 0. The zero-order valence-corrected chi connectivity index (χ0v) is 6.19. The Morgan fingerprint density at radius 3 is 3.33 bits per heavy atom. The van der Waals surface area contributed by atoms with E-state index in [9.17, 15) is 4.79 Å². The fourth-order valence-electron chi connectivity index (χ4n) is 0.977. The van der Waals surface area contributed by atoms with Crippen LogP contribution in [0.2, 0.25) is 0 Å². The van der Waals surface area contributed by atoms with E-state index >= 15 is 0 Å². The van der Waals surface area contributed by atoms with E-state index in [1.165, 1.54) is 6.33 Å². The van der Waals surface area contributed by atoms with Gasteiger partial charge < -0.3 is 5.32 Å². The van der Waals surface area contributed by atoms with Crippen LogP contribution in [0.5, 0.6) is 0 Å². The van der Waals surface area contributed by atoms with Crippen molar-refractivity contribution >= 4 is 23.5 Å². The third-order valence-corrected chi connectivity index (χ3v) is 1.53. The summed E-state index contributed by atoms with van der Waals surface area (Å²) < 4.78 is 0. The molecule has 1 aliphatic rings. The summed E-state index contributed by atoms with van der Waals surface area (Å²) in [6.07, 6.45) is 3.73. The molecule has 5 nitrogen and oxygen atoms in total. The van der Waals surface area contributed by atoms with Gasteiger partial charge in [0.15, 0.2) is 12.1 Å². The van der Waals surface area contributed by atoms with Crippen molar-refractivity contribution in [2.75, 3.05) is 11.9 Å². The molecule has 0 aromatic carbocycles. The number of rotatable bonds is 1. The molecule has 0 amide bonds.